The van der Waals surface area contributed by atoms with Crippen molar-refractivity contribution >= 4 is 11.9 Å². The summed E-state index contributed by atoms with van der Waals surface area (Å²) in [5, 5.41) is 3.97. The van der Waals surface area contributed by atoms with Gasteiger partial charge in [-0.05, 0) is 35.6 Å². The van der Waals surface area contributed by atoms with Gasteiger partial charge < -0.3 is 14.2 Å². The van der Waals surface area contributed by atoms with Gasteiger partial charge in [0.05, 0.1) is 5.56 Å². The van der Waals surface area contributed by atoms with Crippen molar-refractivity contribution in [3.8, 4) is 11.4 Å². The second-order valence-electron chi connectivity index (χ2n) is 7.98. The summed E-state index contributed by atoms with van der Waals surface area (Å²) in [6.07, 6.45) is 1.52. The summed E-state index contributed by atoms with van der Waals surface area (Å²) in [5.74, 6) is 0.858. The topological polar surface area (TPSA) is 85.5 Å². The molecule has 0 N–H and O–H groups in total. The van der Waals surface area contributed by atoms with E-state index in [2.05, 4.69) is 24.0 Å². The van der Waals surface area contributed by atoms with Crippen LogP contribution in [0.25, 0.3) is 11.4 Å². The Morgan fingerprint density at radius 3 is 2.52 bits per heavy atom. The van der Waals surface area contributed by atoms with Crippen LogP contribution in [0, 0.1) is 0 Å². The molecule has 1 amide bonds. The molecule has 31 heavy (non-hydrogen) atoms. The average molecular weight is 419 g/mol. The lowest BCUT2D eigenvalue weighted by atomic mass is 10.0. The van der Waals surface area contributed by atoms with Crippen LogP contribution >= 0.6 is 0 Å². The maximum atomic E-state index is 12.3. The van der Waals surface area contributed by atoms with Gasteiger partial charge in [-0.15, -0.1) is 0 Å². The van der Waals surface area contributed by atoms with Gasteiger partial charge in [0, 0.05) is 25.1 Å². The molecule has 2 aromatic carbocycles. The molecule has 1 aliphatic heterocycles. The van der Waals surface area contributed by atoms with E-state index in [1.54, 1.807) is 12.1 Å². The van der Waals surface area contributed by atoms with Crippen LogP contribution in [0.4, 0.5) is 0 Å². The van der Waals surface area contributed by atoms with E-state index in [0.717, 1.165) is 24.1 Å². The number of aromatic nitrogens is 2. The van der Waals surface area contributed by atoms with E-state index in [-0.39, 0.29) is 18.4 Å². The van der Waals surface area contributed by atoms with E-state index >= 15 is 0 Å². The van der Waals surface area contributed by atoms with Gasteiger partial charge in [-0.2, -0.15) is 4.98 Å². The molecular formula is C24H25N3O4. The molecule has 1 aliphatic rings. The van der Waals surface area contributed by atoms with Gasteiger partial charge in [0.1, 0.15) is 0 Å². The highest BCUT2D eigenvalue weighted by Gasteiger charge is 2.20. The summed E-state index contributed by atoms with van der Waals surface area (Å²) in [6, 6.07) is 15.1. The van der Waals surface area contributed by atoms with Crippen molar-refractivity contribution in [1.82, 2.24) is 15.0 Å². The lowest BCUT2D eigenvalue weighted by Crippen LogP contribution is -2.23. The van der Waals surface area contributed by atoms with E-state index in [4.69, 9.17) is 9.26 Å². The zero-order valence-electron chi connectivity index (χ0n) is 17.7. The quantitative estimate of drug-likeness (QED) is 0.530. The molecule has 0 spiro atoms. The van der Waals surface area contributed by atoms with Crippen LogP contribution in [0.2, 0.25) is 0 Å². The third-order valence-electron chi connectivity index (χ3n) is 5.36. The summed E-state index contributed by atoms with van der Waals surface area (Å²) in [7, 11) is 0. The number of carbonyl (C=O) groups excluding carboxylic acids is 2. The van der Waals surface area contributed by atoms with Gasteiger partial charge in [0.15, 0.2) is 6.61 Å². The van der Waals surface area contributed by atoms with Crippen LogP contribution in [0.15, 0.2) is 53.1 Å². The normalized spacial score (nSPS) is 13.8. The van der Waals surface area contributed by atoms with Crippen molar-refractivity contribution in [2.24, 2.45) is 0 Å². The molecule has 0 atom stereocenters. The second kappa shape index (κ2) is 9.12. The van der Waals surface area contributed by atoms with Crippen LogP contribution in [-0.4, -0.2) is 33.5 Å². The monoisotopic (exact) mass is 419 g/mol. The van der Waals surface area contributed by atoms with Gasteiger partial charge >= 0.3 is 5.97 Å². The Kier molecular flexibility index (Phi) is 6.11. The summed E-state index contributed by atoms with van der Waals surface area (Å²) in [4.78, 5) is 30.2. The zero-order chi connectivity index (χ0) is 21.8. The number of amides is 1. The van der Waals surface area contributed by atoms with E-state index in [9.17, 15) is 9.59 Å². The van der Waals surface area contributed by atoms with E-state index in [1.807, 2.05) is 41.3 Å². The van der Waals surface area contributed by atoms with Gasteiger partial charge in [-0.1, -0.05) is 55.4 Å². The summed E-state index contributed by atoms with van der Waals surface area (Å²) < 4.78 is 10.5. The lowest BCUT2D eigenvalue weighted by molar-refractivity contribution is -0.128. The number of hydrogen-bond acceptors (Lipinski definition) is 6. The van der Waals surface area contributed by atoms with Crippen molar-refractivity contribution in [3.63, 3.8) is 0 Å². The minimum Gasteiger partial charge on any atom is -0.452 e. The minimum atomic E-state index is -0.468. The fraction of sp³-hybridized carbons (Fsp3) is 0.333. The highest BCUT2D eigenvalue weighted by Crippen LogP contribution is 2.21. The Labute approximate surface area is 181 Å². The number of hydrogen-bond donors (Lipinski definition) is 0. The van der Waals surface area contributed by atoms with Crippen LogP contribution in [0.5, 0.6) is 0 Å². The van der Waals surface area contributed by atoms with Crippen LogP contribution in [-0.2, 0) is 22.7 Å². The first kappa shape index (κ1) is 20.8. The molecule has 0 aliphatic carbocycles. The molecule has 7 nitrogen and oxygen atoms in total. The molecule has 1 saturated heterocycles. The highest BCUT2D eigenvalue weighted by atomic mass is 16.6. The minimum absolute atomic E-state index is 0.0973. The van der Waals surface area contributed by atoms with E-state index in [0.29, 0.717) is 30.3 Å². The number of benzene rings is 2. The molecule has 0 radical (unpaired) electrons. The molecule has 1 aromatic heterocycles. The molecule has 7 heteroatoms. The molecular weight excluding hydrogens is 394 g/mol. The van der Waals surface area contributed by atoms with Crippen LogP contribution in [0.3, 0.4) is 0 Å². The fourth-order valence-electron chi connectivity index (χ4n) is 3.50. The Morgan fingerprint density at radius 2 is 1.87 bits per heavy atom. The first-order valence-electron chi connectivity index (χ1n) is 10.5. The summed E-state index contributed by atoms with van der Waals surface area (Å²) in [6.45, 7) is 5.53. The Morgan fingerprint density at radius 1 is 1.13 bits per heavy atom. The molecule has 0 saturated carbocycles. The standard InChI is InChI=1S/C24H25N3O4/c1-16(2)18-9-11-19(12-10-18)23-25-21(31-26-23)15-30-24(29)20-7-5-17(6-8-20)14-27-13-3-4-22(27)28/h5-12,16H,3-4,13-15H2,1-2H3. The molecule has 3 aromatic rings. The highest BCUT2D eigenvalue weighted by molar-refractivity contribution is 5.89. The number of ether oxygens (including phenoxy) is 1. The summed E-state index contributed by atoms with van der Waals surface area (Å²) in [5.41, 5.74) is 3.49. The second-order valence-corrected chi connectivity index (χ2v) is 7.98. The van der Waals surface area contributed by atoms with Crippen molar-refractivity contribution in [2.75, 3.05) is 6.54 Å². The number of esters is 1. The lowest BCUT2D eigenvalue weighted by Gasteiger charge is -2.15. The Bertz CT molecular complexity index is 1060. The number of likely N-dealkylation sites (tertiary alicyclic amines) is 1. The van der Waals surface area contributed by atoms with Crippen molar-refractivity contribution < 1.29 is 18.8 Å². The molecule has 4 rings (SSSR count). The zero-order valence-corrected chi connectivity index (χ0v) is 17.7. The molecule has 160 valence electrons. The fourth-order valence-corrected chi connectivity index (χ4v) is 3.50. The largest absolute Gasteiger partial charge is 0.452 e. The average Bonchev–Trinajstić information content (AvgIpc) is 3.42. The molecule has 0 bridgehead atoms. The number of rotatable bonds is 7. The maximum Gasteiger partial charge on any atom is 0.338 e. The Balaban J connectivity index is 1.32. The predicted molar refractivity (Wildman–Crippen MR) is 114 cm³/mol. The SMILES string of the molecule is CC(C)c1ccc(-c2noc(COC(=O)c3ccc(CN4CCCC4=O)cc3)n2)cc1. The van der Waals surface area contributed by atoms with Gasteiger partial charge in [0.2, 0.25) is 11.7 Å². The maximum absolute atomic E-state index is 12.3. The van der Waals surface area contributed by atoms with Crippen molar-refractivity contribution in [1.29, 1.82) is 0 Å². The van der Waals surface area contributed by atoms with Crippen molar-refractivity contribution in [2.45, 2.75) is 45.8 Å². The van der Waals surface area contributed by atoms with Crippen LogP contribution < -0.4 is 0 Å². The molecule has 0 unspecified atom stereocenters. The third kappa shape index (κ3) is 4.99. The van der Waals surface area contributed by atoms with Gasteiger partial charge in [-0.25, -0.2) is 4.79 Å². The molecule has 1 fully saturated rings. The predicted octanol–water partition coefficient (Wildman–Crippen LogP) is 4.34. The first-order valence-corrected chi connectivity index (χ1v) is 10.5. The van der Waals surface area contributed by atoms with Crippen molar-refractivity contribution in [3.05, 3.63) is 71.1 Å². The first-order chi connectivity index (χ1) is 15.0. The Hall–Kier alpha value is -3.48. The smallest absolute Gasteiger partial charge is 0.338 e. The third-order valence-corrected chi connectivity index (χ3v) is 5.36. The number of nitrogens with zero attached hydrogens (tertiary/aromatic N) is 3. The van der Waals surface area contributed by atoms with Gasteiger partial charge in [-0.3, -0.25) is 4.79 Å². The molecule has 2 heterocycles. The van der Waals surface area contributed by atoms with Crippen LogP contribution in [0.1, 0.15) is 60.0 Å². The van der Waals surface area contributed by atoms with Gasteiger partial charge in [0.25, 0.3) is 5.89 Å². The number of carbonyl (C=O) groups is 2. The summed E-state index contributed by atoms with van der Waals surface area (Å²) >= 11 is 0. The van der Waals surface area contributed by atoms with E-state index < -0.39 is 5.97 Å². The van der Waals surface area contributed by atoms with E-state index in [1.165, 1.54) is 5.56 Å².